The van der Waals surface area contributed by atoms with Crippen LogP contribution in [0.5, 0.6) is 17.2 Å². The summed E-state index contributed by atoms with van der Waals surface area (Å²) in [7, 11) is 1.59. The third kappa shape index (κ3) is 6.48. The molecule has 37 heavy (non-hydrogen) atoms. The second-order valence-electron chi connectivity index (χ2n) is 8.06. The number of benzene rings is 4. The molecule has 0 radical (unpaired) electrons. The van der Waals surface area contributed by atoms with Crippen molar-refractivity contribution in [2.75, 3.05) is 19.0 Å². The average Bonchev–Trinajstić information content (AvgIpc) is 2.93. The molecule has 6 nitrogen and oxygen atoms in total. The van der Waals surface area contributed by atoms with Crippen LogP contribution in [0.15, 0.2) is 91.0 Å². The Morgan fingerprint density at radius 3 is 2.35 bits per heavy atom. The van der Waals surface area contributed by atoms with E-state index in [1.54, 1.807) is 73.8 Å². The number of carbonyl (C=O) groups excluding carboxylic acids is 2. The van der Waals surface area contributed by atoms with Crippen LogP contribution in [-0.4, -0.2) is 25.4 Å². The summed E-state index contributed by atoms with van der Waals surface area (Å²) >= 11 is 6.17. The number of hydrogen-bond acceptors (Lipinski definition) is 5. The summed E-state index contributed by atoms with van der Waals surface area (Å²) in [6.45, 7) is 2.54. The largest absolute Gasteiger partial charge is 0.497 e. The molecule has 4 aromatic carbocycles. The summed E-state index contributed by atoms with van der Waals surface area (Å²) < 4.78 is 16.9. The molecule has 0 bridgehead atoms. The molecule has 0 spiro atoms. The van der Waals surface area contributed by atoms with Crippen molar-refractivity contribution in [3.05, 3.63) is 118 Å². The van der Waals surface area contributed by atoms with Crippen molar-refractivity contribution >= 4 is 29.0 Å². The second kappa shape index (κ2) is 12.1. The molecule has 0 aliphatic heterocycles. The highest BCUT2D eigenvalue weighted by molar-refractivity contribution is 6.31. The van der Waals surface area contributed by atoms with Crippen LogP contribution in [0.3, 0.4) is 0 Å². The Labute approximate surface area is 220 Å². The van der Waals surface area contributed by atoms with E-state index in [-0.39, 0.29) is 18.3 Å². The van der Waals surface area contributed by atoms with E-state index >= 15 is 0 Å². The molecule has 188 valence electrons. The van der Waals surface area contributed by atoms with E-state index in [0.29, 0.717) is 56.8 Å². The van der Waals surface area contributed by atoms with Gasteiger partial charge in [0, 0.05) is 33.3 Å². The summed E-state index contributed by atoms with van der Waals surface area (Å²) in [6.07, 6.45) is 0. The topological polar surface area (TPSA) is 73.9 Å². The highest BCUT2D eigenvalue weighted by atomic mass is 35.5. The Hall–Kier alpha value is -4.29. The predicted molar refractivity (Wildman–Crippen MR) is 144 cm³/mol. The van der Waals surface area contributed by atoms with Gasteiger partial charge < -0.3 is 19.5 Å². The van der Waals surface area contributed by atoms with Gasteiger partial charge in [0.1, 0.15) is 23.9 Å². The quantitative estimate of drug-likeness (QED) is 0.235. The number of halogens is 1. The molecule has 0 aliphatic carbocycles. The molecule has 0 fully saturated rings. The zero-order chi connectivity index (χ0) is 26.2. The molecule has 4 rings (SSSR count). The van der Waals surface area contributed by atoms with Gasteiger partial charge in [-0.2, -0.15) is 0 Å². The molecule has 0 atom stereocenters. The van der Waals surface area contributed by atoms with Gasteiger partial charge in [-0.25, -0.2) is 0 Å². The summed E-state index contributed by atoms with van der Waals surface area (Å²) in [6, 6.07) is 26.0. The number of ketones is 1. The maximum Gasteiger partial charge on any atom is 0.255 e. The van der Waals surface area contributed by atoms with E-state index in [9.17, 15) is 9.59 Å². The minimum Gasteiger partial charge on any atom is -0.497 e. The van der Waals surface area contributed by atoms with Gasteiger partial charge >= 0.3 is 0 Å². The number of carbonyl (C=O) groups is 2. The van der Waals surface area contributed by atoms with Gasteiger partial charge in [-0.3, -0.25) is 9.59 Å². The molecule has 7 heteroatoms. The number of hydrogen-bond donors (Lipinski definition) is 1. The first-order chi connectivity index (χ1) is 18.0. The first kappa shape index (κ1) is 25.8. The zero-order valence-electron chi connectivity index (χ0n) is 20.5. The molecule has 0 unspecified atom stereocenters. The molecule has 0 aromatic heterocycles. The van der Waals surface area contributed by atoms with Crippen LogP contribution >= 0.6 is 11.6 Å². The van der Waals surface area contributed by atoms with Crippen molar-refractivity contribution in [1.29, 1.82) is 0 Å². The highest BCUT2D eigenvalue weighted by Gasteiger charge is 2.18. The third-order valence-corrected chi connectivity index (χ3v) is 5.80. The fourth-order valence-electron chi connectivity index (χ4n) is 3.73. The van der Waals surface area contributed by atoms with Gasteiger partial charge in [0.15, 0.2) is 5.78 Å². The molecule has 1 N–H and O–H groups in total. The molecular weight excluding hydrogens is 490 g/mol. The van der Waals surface area contributed by atoms with E-state index < -0.39 is 0 Å². The average molecular weight is 516 g/mol. The van der Waals surface area contributed by atoms with Crippen molar-refractivity contribution in [2.24, 2.45) is 0 Å². The van der Waals surface area contributed by atoms with Crippen molar-refractivity contribution in [1.82, 2.24) is 0 Å². The van der Waals surface area contributed by atoms with Gasteiger partial charge in [0.05, 0.1) is 19.4 Å². The highest BCUT2D eigenvalue weighted by Crippen LogP contribution is 2.27. The van der Waals surface area contributed by atoms with Crippen LogP contribution < -0.4 is 19.5 Å². The molecule has 0 heterocycles. The van der Waals surface area contributed by atoms with Crippen molar-refractivity contribution in [3.63, 3.8) is 0 Å². The Kier molecular flexibility index (Phi) is 8.44. The van der Waals surface area contributed by atoms with Gasteiger partial charge in [-0.05, 0) is 55.5 Å². The Morgan fingerprint density at radius 2 is 1.59 bits per heavy atom. The lowest BCUT2D eigenvalue weighted by Crippen LogP contribution is -2.16. The minimum absolute atomic E-state index is 0.183. The Bertz CT molecular complexity index is 1400. The fourth-order valence-corrected chi connectivity index (χ4v) is 3.91. The zero-order valence-corrected chi connectivity index (χ0v) is 21.2. The van der Waals surface area contributed by atoms with Crippen LogP contribution in [0.2, 0.25) is 5.02 Å². The number of ether oxygens (including phenoxy) is 3. The van der Waals surface area contributed by atoms with Crippen molar-refractivity contribution in [3.8, 4) is 17.2 Å². The van der Waals surface area contributed by atoms with Gasteiger partial charge in [-0.15, -0.1) is 0 Å². The van der Waals surface area contributed by atoms with E-state index in [1.165, 1.54) is 0 Å². The standard InChI is InChI=1S/C30H26ClNO5/c1-3-36-28-15-12-21(16-22(28)19-37-25-11-7-10-24(18-25)35-2)30(34)32-27-14-13-23(31)17-26(27)29(33)20-8-5-4-6-9-20/h4-18H,3,19H2,1-2H3,(H,32,34). The lowest BCUT2D eigenvalue weighted by atomic mass is 10.0. The molecule has 0 saturated carbocycles. The van der Waals surface area contributed by atoms with Crippen molar-refractivity contribution in [2.45, 2.75) is 13.5 Å². The first-order valence-electron chi connectivity index (χ1n) is 11.7. The molecule has 0 saturated heterocycles. The molecular formula is C30H26ClNO5. The smallest absolute Gasteiger partial charge is 0.255 e. The maximum absolute atomic E-state index is 13.2. The number of anilines is 1. The van der Waals surface area contributed by atoms with Gasteiger partial charge in [0.25, 0.3) is 5.91 Å². The maximum atomic E-state index is 13.2. The number of methoxy groups -OCH3 is 1. The first-order valence-corrected chi connectivity index (χ1v) is 12.1. The number of amides is 1. The summed E-state index contributed by atoms with van der Waals surface area (Å²) in [5, 5.41) is 3.25. The minimum atomic E-state index is -0.380. The van der Waals surface area contributed by atoms with E-state index in [0.717, 1.165) is 0 Å². The van der Waals surface area contributed by atoms with Crippen LogP contribution in [0.1, 0.15) is 38.8 Å². The summed E-state index contributed by atoms with van der Waals surface area (Å²) in [5.41, 5.74) is 2.26. The summed E-state index contributed by atoms with van der Waals surface area (Å²) in [5.74, 6) is 1.31. The third-order valence-electron chi connectivity index (χ3n) is 5.57. The van der Waals surface area contributed by atoms with Crippen LogP contribution in [-0.2, 0) is 6.61 Å². The lowest BCUT2D eigenvalue weighted by molar-refractivity contribution is 0.102. The second-order valence-corrected chi connectivity index (χ2v) is 8.50. The SMILES string of the molecule is CCOc1ccc(C(=O)Nc2ccc(Cl)cc2C(=O)c2ccccc2)cc1COc1cccc(OC)c1. The normalized spacial score (nSPS) is 10.5. The molecule has 0 aliphatic rings. The van der Waals surface area contributed by atoms with E-state index in [4.69, 9.17) is 25.8 Å². The predicted octanol–water partition coefficient (Wildman–Crippen LogP) is 6.81. The van der Waals surface area contributed by atoms with E-state index in [1.807, 2.05) is 31.2 Å². The Morgan fingerprint density at radius 1 is 0.811 bits per heavy atom. The monoisotopic (exact) mass is 515 g/mol. The lowest BCUT2D eigenvalue weighted by Gasteiger charge is -2.15. The number of nitrogens with one attached hydrogen (secondary N) is 1. The Balaban J connectivity index is 1.58. The fraction of sp³-hybridized carbons (Fsp3) is 0.133. The van der Waals surface area contributed by atoms with Crippen LogP contribution in [0.4, 0.5) is 5.69 Å². The van der Waals surface area contributed by atoms with Crippen LogP contribution in [0, 0.1) is 0 Å². The van der Waals surface area contributed by atoms with Crippen molar-refractivity contribution < 1.29 is 23.8 Å². The summed E-state index contributed by atoms with van der Waals surface area (Å²) in [4.78, 5) is 26.4. The van der Waals surface area contributed by atoms with Crippen LogP contribution in [0.25, 0.3) is 0 Å². The molecule has 4 aromatic rings. The number of rotatable bonds is 10. The van der Waals surface area contributed by atoms with Gasteiger partial charge in [0.2, 0.25) is 0 Å². The molecule has 1 amide bonds. The van der Waals surface area contributed by atoms with Gasteiger partial charge in [-0.1, -0.05) is 48.0 Å². The van der Waals surface area contributed by atoms with E-state index in [2.05, 4.69) is 5.32 Å².